The summed E-state index contributed by atoms with van der Waals surface area (Å²) in [5, 5.41) is 13.5. The lowest BCUT2D eigenvalue weighted by molar-refractivity contribution is -0.385. The highest BCUT2D eigenvalue weighted by Crippen LogP contribution is 2.21. The fourth-order valence-corrected chi connectivity index (χ4v) is 1.41. The number of nitrogens with zero attached hydrogens (tertiary/aromatic N) is 1. The Bertz CT molecular complexity index is 422. The molecule has 6 heteroatoms. The van der Waals surface area contributed by atoms with Gasteiger partial charge < -0.3 is 10.3 Å². The van der Waals surface area contributed by atoms with Crippen LogP contribution in [0.25, 0.3) is 0 Å². The minimum absolute atomic E-state index is 0.0290. The van der Waals surface area contributed by atoms with Crippen molar-refractivity contribution in [1.82, 2.24) is 10.3 Å². The zero-order valence-electron chi connectivity index (χ0n) is 7.32. The predicted molar refractivity (Wildman–Crippen MR) is 49.1 cm³/mol. The Hall–Kier alpha value is -1.69. The second kappa shape index (κ2) is 3.22. The number of nitro groups is 1. The Morgan fingerprint density at radius 1 is 1.57 bits per heavy atom. The van der Waals surface area contributed by atoms with Crippen LogP contribution in [0.3, 0.4) is 0 Å². The van der Waals surface area contributed by atoms with Crippen molar-refractivity contribution in [2.24, 2.45) is 0 Å². The summed E-state index contributed by atoms with van der Waals surface area (Å²) in [5.74, 6) is 0. The molecule has 0 spiro atoms. The molecular weight excluding hydrogens is 186 g/mol. The molecule has 0 bridgehead atoms. The van der Waals surface area contributed by atoms with Crippen molar-refractivity contribution in [3.05, 3.63) is 38.3 Å². The molecule has 74 valence electrons. The van der Waals surface area contributed by atoms with Crippen LogP contribution in [-0.2, 0) is 0 Å². The number of aromatic amines is 1. The summed E-state index contributed by atoms with van der Waals surface area (Å²) >= 11 is 0. The van der Waals surface area contributed by atoms with Crippen LogP contribution >= 0.6 is 0 Å². The summed E-state index contributed by atoms with van der Waals surface area (Å²) in [6.07, 6.45) is 1.97. The zero-order valence-corrected chi connectivity index (χ0v) is 7.32. The van der Waals surface area contributed by atoms with E-state index < -0.39 is 4.92 Å². The Morgan fingerprint density at radius 2 is 2.29 bits per heavy atom. The standard InChI is InChI=1S/C8H9N3O3/c12-8-6(7-1-2-9-7)3-5(4-10-8)11(13)14/h3-4,7,9H,1-2H2,(H,10,12). The number of hydrogen-bond donors (Lipinski definition) is 2. The molecule has 0 amide bonds. The van der Waals surface area contributed by atoms with Crippen LogP contribution < -0.4 is 10.9 Å². The summed E-state index contributed by atoms with van der Waals surface area (Å²) < 4.78 is 0. The van der Waals surface area contributed by atoms with Gasteiger partial charge in [-0.25, -0.2) is 0 Å². The van der Waals surface area contributed by atoms with E-state index in [1.807, 2.05) is 0 Å². The fourth-order valence-electron chi connectivity index (χ4n) is 1.41. The maximum Gasteiger partial charge on any atom is 0.285 e. The van der Waals surface area contributed by atoms with Gasteiger partial charge in [-0.1, -0.05) is 0 Å². The topological polar surface area (TPSA) is 88.0 Å². The summed E-state index contributed by atoms with van der Waals surface area (Å²) in [6, 6.07) is 1.30. The normalized spacial score (nSPS) is 20.1. The molecule has 1 aromatic rings. The first-order valence-electron chi connectivity index (χ1n) is 4.29. The van der Waals surface area contributed by atoms with E-state index in [4.69, 9.17) is 0 Å². The molecule has 1 aliphatic heterocycles. The molecule has 0 aliphatic carbocycles. The quantitative estimate of drug-likeness (QED) is 0.525. The van der Waals surface area contributed by atoms with E-state index in [1.54, 1.807) is 0 Å². The zero-order chi connectivity index (χ0) is 10.1. The van der Waals surface area contributed by atoms with E-state index in [9.17, 15) is 14.9 Å². The SMILES string of the molecule is O=c1[nH]cc([N+](=O)[O-])cc1C1CCN1. The van der Waals surface area contributed by atoms with Gasteiger partial charge >= 0.3 is 0 Å². The average Bonchev–Trinajstić information content (AvgIpc) is 2.05. The Balaban J connectivity index is 2.41. The van der Waals surface area contributed by atoms with Crippen LogP contribution in [-0.4, -0.2) is 16.5 Å². The van der Waals surface area contributed by atoms with Crippen LogP contribution in [0, 0.1) is 10.1 Å². The number of pyridine rings is 1. The van der Waals surface area contributed by atoms with Gasteiger partial charge in [0.05, 0.1) is 11.1 Å². The van der Waals surface area contributed by atoms with Gasteiger partial charge in [0, 0.05) is 17.7 Å². The van der Waals surface area contributed by atoms with Gasteiger partial charge in [-0.15, -0.1) is 0 Å². The van der Waals surface area contributed by atoms with Crippen molar-refractivity contribution in [1.29, 1.82) is 0 Å². The third kappa shape index (κ3) is 1.39. The molecule has 6 nitrogen and oxygen atoms in total. The van der Waals surface area contributed by atoms with Crippen LogP contribution in [0.5, 0.6) is 0 Å². The largest absolute Gasteiger partial charge is 0.322 e. The lowest BCUT2D eigenvalue weighted by Crippen LogP contribution is -2.38. The van der Waals surface area contributed by atoms with Crippen molar-refractivity contribution in [2.45, 2.75) is 12.5 Å². The number of hydrogen-bond acceptors (Lipinski definition) is 4. The van der Waals surface area contributed by atoms with Crippen molar-refractivity contribution in [3.8, 4) is 0 Å². The first-order valence-corrected chi connectivity index (χ1v) is 4.29. The first kappa shape index (κ1) is 8.89. The molecule has 0 saturated carbocycles. The van der Waals surface area contributed by atoms with Gasteiger partial charge in [-0.3, -0.25) is 14.9 Å². The van der Waals surface area contributed by atoms with Crippen LogP contribution in [0.15, 0.2) is 17.1 Å². The van der Waals surface area contributed by atoms with Crippen LogP contribution in [0.2, 0.25) is 0 Å². The van der Waals surface area contributed by atoms with E-state index in [-0.39, 0.29) is 17.3 Å². The minimum atomic E-state index is -0.516. The van der Waals surface area contributed by atoms with Crippen molar-refractivity contribution in [2.75, 3.05) is 6.54 Å². The van der Waals surface area contributed by atoms with E-state index >= 15 is 0 Å². The highest BCUT2D eigenvalue weighted by molar-refractivity contribution is 5.32. The molecule has 1 atom stereocenters. The third-order valence-corrected chi connectivity index (χ3v) is 2.33. The molecule has 1 saturated heterocycles. The number of aromatic nitrogens is 1. The monoisotopic (exact) mass is 195 g/mol. The van der Waals surface area contributed by atoms with E-state index in [0.717, 1.165) is 19.2 Å². The molecule has 0 aromatic carbocycles. The lowest BCUT2D eigenvalue weighted by Gasteiger charge is -2.26. The molecule has 2 heterocycles. The molecule has 0 radical (unpaired) electrons. The van der Waals surface area contributed by atoms with Crippen LogP contribution in [0.1, 0.15) is 18.0 Å². The minimum Gasteiger partial charge on any atom is -0.322 e. The molecule has 2 N–H and O–H groups in total. The van der Waals surface area contributed by atoms with Crippen molar-refractivity contribution in [3.63, 3.8) is 0 Å². The highest BCUT2D eigenvalue weighted by atomic mass is 16.6. The Labute approximate surface area is 79.1 Å². The van der Waals surface area contributed by atoms with Gasteiger partial charge in [0.2, 0.25) is 0 Å². The summed E-state index contributed by atoms with van der Waals surface area (Å²) in [5.41, 5.74) is 0.117. The molecule has 1 unspecified atom stereocenters. The number of rotatable bonds is 2. The highest BCUT2D eigenvalue weighted by Gasteiger charge is 2.23. The summed E-state index contributed by atoms with van der Waals surface area (Å²) in [7, 11) is 0. The number of nitrogens with one attached hydrogen (secondary N) is 2. The molecular formula is C8H9N3O3. The maximum absolute atomic E-state index is 11.3. The first-order chi connectivity index (χ1) is 6.68. The van der Waals surface area contributed by atoms with Crippen LogP contribution in [0.4, 0.5) is 5.69 Å². The molecule has 1 aliphatic rings. The third-order valence-electron chi connectivity index (χ3n) is 2.33. The lowest BCUT2D eigenvalue weighted by atomic mass is 9.99. The number of H-pyrrole nitrogens is 1. The van der Waals surface area contributed by atoms with Gasteiger partial charge in [-0.05, 0) is 13.0 Å². The predicted octanol–water partition coefficient (Wildman–Crippen LogP) is 0.317. The molecule has 1 aromatic heterocycles. The maximum atomic E-state index is 11.3. The van der Waals surface area contributed by atoms with Crippen molar-refractivity contribution >= 4 is 5.69 Å². The Kier molecular flexibility index (Phi) is 2.05. The fraction of sp³-hybridized carbons (Fsp3) is 0.375. The molecule has 2 rings (SSSR count). The van der Waals surface area contributed by atoms with E-state index in [1.165, 1.54) is 6.07 Å². The smallest absolute Gasteiger partial charge is 0.285 e. The van der Waals surface area contributed by atoms with Gasteiger partial charge in [0.25, 0.3) is 11.2 Å². The molecule has 1 fully saturated rings. The second-order valence-corrected chi connectivity index (χ2v) is 3.19. The average molecular weight is 195 g/mol. The Morgan fingerprint density at radius 3 is 2.79 bits per heavy atom. The van der Waals surface area contributed by atoms with E-state index in [0.29, 0.717) is 5.56 Å². The van der Waals surface area contributed by atoms with Gasteiger partial charge in [-0.2, -0.15) is 0 Å². The van der Waals surface area contributed by atoms with E-state index in [2.05, 4.69) is 10.3 Å². The van der Waals surface area contributed by atoms with Crippen molar-refractivity contribution < 1.29 is 4.92 Å². The summed E-state index contributed by atoms with van der Waals surface area (Å²) in [4.78, 5) is 23.6. The second-order valence-electron chi connectivity index (χ2n) is 3.19. The molecule has 14 heavy (non-hydrogen) atoms. The summed E-state index contributed by atoms with van der Waals surface area (Å²) in [6.45, 7) is 0.854. The van der Waals surface area contributed by atoms with Gasteiger partial charge in [0.15, 0.2) is 0 Å². The van der Waals surface area contributed by atoms with Gasteiger partial charge in [0.1, 0.15) is 0 Å².